The molecule has 1 aliphatic carbocycles. The van der Waals surface area contributed by atoms with Crippen LogP contribution in [0.3, 0.4) is 0 Å². The first kappa shape index (κ1) is 32.9. The average molecular weight is 689 g/mol. The van der Waals surface area contributed by atoms with Gasteiger partial charge in [0.25, 0.3) is 0 Å². The van der Waals surface area contributed by atoms with Crippen LogP contribution in [-0.2, 0) is 33.3 Å². The van der Waals surface area contributed by atoms with E-state index < -0.39 is 72.5 Å². The van der Waals surface area contributed by atoms with E-state index in [0.717, 1.165) is 3.57 Å². The molecule has 13 heteroatoms. The maximum absolute atomic E-state index is 13.2. The van der Waals surface area contributed by atoms with E-state index in [0.29, 0.717) is 5.56 Å². The Kier molecular flexibility index (Phi) is 11.7. The van der Waals surface area contributed by atoms with Gasteiger partial charge in [-0.3, -0.25) is 14.4 Å². The van der Waals surface area contributed by atoms with E-state index in [2.05, 4.69) is 33.2 Å². The van der Waals surface area contributed by atoms with Gasteiger partial charge in [-0.2, -0.15) is 0 Å². The number of amides is 2. The number of esters is 2. The number of benzene rings is 1. The van der Waals surface area contributed by atoms with Crippen LogP contribution in [0.4, 0.5) is 0 Å². The number of aliphatic hydroxyl groups is 2. The molecule has 4 N–H and O–H groups in total. The summed E-state index contributed by atoms with van der Waals surface area (Å²) in [5.41, 5.74) is -0.124. The number of hydrogen-bond acceptors (Lipinski definition) is 10. The highest BCUT2D eigenvalue weighted by atomic mass is 127. The SMILES string of the molecule is CC(O)C(NC(=O)C1=CC2OCOC2C(OC(=O)c2cccc(I)c2)C1)C(=O)NC(CO)CCC(=O)OC(C)(C)C. The molecule has 41 heavy (non-hydrogen) atoms. The largest absolute Gasteiger partial charge is 0.460 e. The maximum Gasteiger partial charge on any atom is 0.338 e. The Labute approximate surface area is 252 Å². The first-order valence-electron chi connectivity index (χ1n) is 13.3. The van der Waals surface area contributed by atoms with E-state index >= 15 is 0 Å². The minimum Gasteiger partial charge on any atom is -0.460 e. The van der Waals surface area contributed by atoms with E-state index in [9.17, 15) is 29.4 Å². The average Bonchev–Trinajstić information content (AvgIpc) is 3.37. The number of carbonyl (C=O) groups excluding carboxylic acids is 4. The lowest BCUT2D eigenvalue weighted by Gasteiger charge is -2.31. The lowest BCUT2D eigenvalue weighted by molar-refractivity contribution is -0.155. The number of rotatable bonds is 11. The lowest BCUT2D eigenvalue weighted by atomic mass is 9.91. The van der Waals surface area contributed by atoms with E-state index in [1.54, 1.807) is 45.0 Å². The van der Waals surface area contributed by atoms with Crippen molar-refractivity contribution in [2.24, 2.45) is 0 Å². The van der Waals surface area contributed by atoms with Crippen molar-refractivity contribution in [2.75, 3.05) is 13.4 Å². The summed E-state index contributed by atoms with van der Waals surface area (Å²) in [7, 11) is 0. The van der Waals surface area contributed by atoms with Gasteiger partial charge < -0.3 is 39.8 Å². The second kappa shape index (κ2) is 14.5. The topological polar surface area (TPSA) is 170 Å². The Bertz CT molecular complexity index is 1150. The van der Waals surface area contributed by atoms with Gasteiger partial charge in [-0.05, 0) is 81.0 Å². The molecule has 1 aromatic rings. The number of hydrogen-bond donors (Lipinski definition) is 4. The monoisotopic (exact) mass is 688 g/mol. The van der Waals surface area contributed by atoms with Crippen LogP contribution < -0.4 is 10.6 Å². The molecule has 6 atom stereocenters. The Hall–Kier alpha value is -2.59. The van der Waals surface area contributed by atoms with Crippen LogP contribution in [0.25, 0.3) is 0 Å². The minimum atomic E-state index is -1.37. The van der Waals surface area contributed by atoms with Gasteiger partial charge >= 0.3 is 11.9 Å². The molecule has 2 amide bonds. The Morgan fingerprint density at radius 1 is 1.17 bits per heavy atom. The third-order valence-corrected chi connectivity index (χ3v) is 7.01. The van der Waals surface area contributed by atoms with Crippen LogP contribution in [0, 0.1) is 3.57 Å². The molecule has 1 heterocycles. The Morgan fingerprint density at radius 3 is 2.54 bits per heavy atom. The quantitative estimate of drug-likeness (QED) is 0.197. The van der Waals surface area contributed by atoms with Crippen LogP contribution in [0.5, 0.6) is 0 Å². The van der Waals surface area contributed by atoms with Crippen molar-refractivity contribution in [3.8, 4) is 0 Å². The molecule has 1 aliphatic heterocycles. The summed E-state index contributed by atoms with van der Waals surface area (Å²) in [4.78, 5) is 51.0. The van der Waals surface area contributed by atoms with Crippen molar-refractivity contribution in [1.82, 2.24) is 10.6 Å². The number of ether oxygens (including phenoxy) is 4. The zero-order valence-corrected chi connectivity index (χ0v) is 25.6. The Balaban J connectivity index is 1.64. The van der Waals surface area contributed by atoms with Gasteiger partial charge in [-0.1, -0.05) is 6.07 Å². The van der Waals surface area contributed by atoms with Gasteiger partial charge in [0.15, 0.2) is 0 Å². The zero-order valence-electron chi connectivity index (χ0n) is 23.4. The van der Waals surface area contributed by atoms with E-state index in [1.165, 1.54) is 6.92 Å². The molecule has 226 valence electrons. The molecule has 0 aromatic heterocycles. The number of halogens is 1. The molecule has 1 saturated heterocycles. The molecule has 0 bridgehead atoms. The highest BCUT2D eigenvalue weighted by Crippen LogP contribution is 2.31. The number of aliphatic hydroxyl groups excluding tert-OH is 2. The first-order valence-corrected chi connectivity index (χ1v) is 14.4. The first-order chi connectivity index (χ1) is 19.3. The van der Waals surface area contributed by atoms with Crippen molar-refractivity contribution >= 4 is 46.3 Å². The van der Waals surface area contributed by atoms with E-state index in [1.807, 2.05) is 6.07 Å². The summed E-state index contributed by atoms with van der Waals surface area (Å²) in [6.45, 7) is 6.03. The Morgan fingerprint density at radius 2 is 1.90 bits per heavy atom. The summed E-state index contributed by atoms with van der Waals surface area (Å²) in [6.07, 6.45) is -1.78. The molecule has 2 aliphatic rings. The van der Waals surface area contributed by atoms with Gasteiger partial charge in [-0.15, -0.1) is 0 Å². The minimum absolute atomic E-state index is 0.00464. The zero-order chi connectivity index (χ0) is 30.3. The smallest absolute Gasteiger partial charge is 0.338 e. The van der Waals surface area contributed by atoms with Crippen molar-refractivity contribution in [3.05, 3.63) is 45.0 Å². The van der Waals surface area contributed by atoms with Crippen molar-refractivity contribution in [3.63, 3.8) is 0 Å². The van der Waals surface area contributed by atoms with Gasteiger partial charge in [0.2, 0.25) is 11.8 Å². The van der Waals surface area contributed by atoms with Crippen molar-refractivity contribution in [1.29, 1.82) is 0 Å². The number of nitrogens with one attached hydrogen (secondary N) is 2. The second-order valence-electron chi connectivity index (χ2n) is 10.9. The molecule has 3 rings (SSSR count). The van der Waals surface area contributed by atoms with Crippen LogP contribution in [0.1, 0.15) is 57.3 Å². The number of carbonyl (C=O) groups is 4. The van der Waals surface area contributed by atoms with Crippen LogP contribution in [0.2, 0.25) is 0 Å². The molecule has 1 aromatic carbocycles. The molecule has 0 spiro atoms. The van der Waals surface area contributed by atoms with Gasteiger partial charge in [0, 0.05) is 22.0 Å². The summed E-state index contributed by atoms with van der Waals surface area (Å²) < 4.78 is 23.0. The molecular weight excluding hydrogens is 651 g/mol. The highest BCUT2D eigenvalue weighted by Gasteiger charge is 2.43. The number of fused-ring (bicyclic) bond motifs is 1. The summed E-state index contributed by atoms with van der Waals surface area (Å²) in [6, 6.07) is 4.69. The van der Waals surface area contributed by atoms with Gasteiger partial charge in [0.05, 0.1) is 24.3 Å². The molecule has 0 saturated carbocycles. The third kappa shape index (κ3) is 9.74. The van der Waals surface area contributed by atoms with E-state index in [-0.39, 0.29) is 31.6 Å². The highest BCUT2D eigenvalue weighted by molar-refractivity contribution is 14.1. The molecular formula is C28H37IN2O10. The van der Waals surface area contributed by atoms with Crippen LogP contribution >= 0.6 is 22.6 Å². The fourth-order valence-electron chi connectivity index (χ4n) is 4.37. The lowest BCUT2D eigenvalue weighted by Crippen LogP contribution is -2.55. The summed E-state index contributed by atoms with van der Waals surface area (Å²) in [5, 5.41) is 25.1. The van der Waals surface area contributed by atoms with Gasteiger partial charge in [-0.25, -0.2) is 4.79 Å². The normalized spacial score (nSPS) is 22.4. The van der Waals surface area contributed by atoms with Crippen molar-refractivity contribution < 1.29 is 48.3 Å². The second-order valence-corrected chi connectivity index (χ2v) is 12.2. The summed E-state index contributed by atoms with van der Waals surface area (Å²) in [5.74, 6) is -2.46. The van der Waals surface area contributed by atoms with Gasteiger partial charge in [0.1, 0.15) is 36.7 Å². The predicted molar refractivity (Wildman–Crippen MR) is 153 cm³/mol. The fourth-order valence-corrected chi connectivity index (χ4v) is 4.91. The molecule has 1 fully saturated rings. The van der Waals surface area contributed by atoms with E-state index in [4.69, 9.17) is 18.9 Å². The third-order valence-electron chi connectivity index (χ3n) is 6.34. The fraction of sp³-hybridized carbons (Fsp3) is 0.571. The van der Waals surface area contributed by atoms with Crippen LogP contribution in [0.15, 0.2) is 35.9 Å². The van der Waals surface area contributed by atoms with Crippen molar-refractivity contribution in [2.45, 2.75) is 89.1 Å². The van der Waals surface area contributed by atoms with Crippen LogP contribution in [-0.4, -0.2) is 89.5 Å². The summed E-state index contributed by atoms with van der Waals surface area (Å²) >= 11 is 2.09. The molecule has 12 nitrogen and oxygen atoms in total. The predicted octanol–water partition coefficient (Wildman–Crippen LogP) is 1.35. The molecule has 6 unspecified atom stereocenters. The maximum atomic E-state index is 13.2. The molecule has 0 radical (unpaired) electrons. The standard InChI is InChI=1S/C28H37IN2O10/c1-15(33)23(26(36)30-19(13-32)8-9-22(34)41-28(2,3)4)31-25(35)17-11-20-24(39-14-38-20)21(12-17)40-27(37)16-6-5-7-18(29)10-16/h5-7,10-11,15,19-21,23-24,32-33H,8-9,12-14H2,1-4H3,(H,30,36)(H,31,35).